The van der Waals surface area contributed by atoms with Crippen LogP contribution in [0.25, 0.3) is 0 Å². The Hall–Kier alpha value is -0.860. The summed E-state index contributed by atoms with van der Waals surface area (Å²) in [6.45, 7) is 3.82. The highest BCUT2D eigenvalue weighted by molar-refractivity contribution is 5.86. The van der Waals surface area contributed by atoms with Crippen molar-refractivity contribution in [2.24, 2.45) is 5.92 Å². The number of ketones is 1. The Kier molecular flexibility index (Phi) is 3.46. The average molecular weight is 184 g/mol. The molecule has 0 N–H and O–H groups in total. The van der Waals surface area contributed by atoms with Crippen LogP contribution in [0.4, 0.5) is 0 Å². The van der Waals surface area contributed by atoms with E-state index < -0.39 is 6.10 Å². The van der Waals surface area contributed by atoms with Crippen molar-refractivity contribution in [2.45, 2.75) is 45.6 Å². The van der Waals surface area contributed by atoms with E-state index >= 15 is 0 Å². The molecule has 74 valence electrons. The normalized spacial score (nSPS) is 28.6. The Bertz CT molecular complexity index is 210. The molecule has 0 saturated heterocycles. The van der Waals surface area contributed by atoms with E-state index in [0.717, 1.165) is 6.42 Å². The van der Waals surface area contributed by atoms with Gasteiger partial charge in [0.05, 0.1) is 0 Å². The molecule has 3 nitrogen and oxygen atoms in total. The van der Waals surface area contributed by atoms with Crippen LogP contribution in [-0.2, 0) is 14.3 Å². The Morgan fingerprint density at radius 3 is 2.92 bits per heavy atom. The summed E-state index contributed by atoms with van der Waals surface area (Å²) in [6.07, 6.45) is 2.07. The van der Waals surface area contributed by atoms with Crippen LogP contribution in [0.2, 0.25) is 0 Å². The molecule has 0 bridgehead atoms. The van der Waals surface area contributed by atoms with Gasteiger partial charge >= 0.3 is 5.97 Å². The molecule has 13 heavy (non-hydrogen) atoms. The summed E-state index contributed by atoms with van der Waals surface area (Å²) in [7, 11) is 0. The fourth-order valence-corrected chi connectivity index (χ4v) is 1.52. The smallest absolute Gasteiger partial charge is 0.306 e. The third-order valence-electron chi connectivity index (χ3n) is 2.42. The first kappa shape index (κ1) is 10.2. The first-order valence-corrected chi connectivity index (χ1v) is 4.85. The van der Waals surface area contributed by atoms with E-state index in [1.54, 1.807) is 6.92 Å². The molecule has 0 spiro atoms. The molecular weight excluding hydrogens is 168 g/mol. The molecule has 0 aromatic heterocycles. The van der Waals surface area contributed by atoms with Crippen LogP contribution in [0.3, 0.4) is 0 Å². The molecule has 3 heteroatoms. The molecule has 0 aromatic rings. The van der Waals surface area contributed by atoms with Gasteiger partial charge in [-0.05, 0) is 18.8 Å². The average Bonchev–Trinajstić information content (AvgIpc) is 2.11. The van der Waals surface area contributed by atoms with Gasteiger partial charge in [0.15, 0.2) is 11.9 Å². The summed E-state index contributed by atoms with van der Waals surface area (Å²) in [5.74, 6) is 0.305. The Balaban J connectivity index is 2.46. The number of ether oxygens (including phenoxy) is 1. The highest BCUT2D eigenvalue weighted by Gasteiger charge is 2.28. The minimum absolute atomic E-state index is 0.0832. The Morgan fingerprint density at radius 1 is 1.62 bits per heavy atom. The van der Waals surface area contributed by atoms with E-state index in [1.807, 2.05) is 0 Å². The molecule has 1 aliphatic rings. The van der Waals surface area contributed by atoms with Crippen molar-refractivity contribution in [3.8, 4) is 0 Å². The molecule has 2 atom stereocenters. The summed E-state index contributed by atoms with van der Waals surface area (Å²) in [6, 6.07) is 0. The highest BCUT2D eigenvalue weighted by Crippen LogP contribution is 2.23. The van der Waals surface area contributed by atoms with Gasteiger partial charge in [-0.1, -0.05) is 13.8 Å². The minimum Gasteiger partial charge on any atom is -0.454 e. The number of hydrogen-bond acceptors (Lipinski definition) is 3. The first-order valence-electron chi connectivity index (χ1n) is 4.85. The van der Waals surface area contributed by atoms with Crippen LogP contribution in [0.15, 0.2) is 0 Å². The van der Waals surface area contributed by atoms with E-state index in [1.165, 1.54) is 0 Å². The fourth-order valence-electron chi connectivity index (χ4n) is 1.52. The fraction of sp³-hybridized carbons (Fsp3) is 0.800. The Morgan fingerprint density at radius 2 is 2.31 bits per heavy atom. The summed E-state index contributed by atoms with van der Waals surface area (Å²) >= 11 is 0. The van der Waals surface area contributed by atoms with Gasteiger partial charge in [-0.15, -0.1) is 0 Å². The molecule has 1 saturated carbocycles. The number of hydrogen-bond donors (Lipinski definition) is 0. The van der Waals surface area contributed by atoms with Gasteiger partial charge in [-0.2, -0.15) is 0 Å². The third kappa shape index (κ3) is 2.83. The number of esters is 1. The van der Waals surface area contributed by atoms with Crippen LogP contribution in [0, 0.1) is 5.92 Å². The summed E-state index contributed by atoms with van der Waals surface area (Å²) in [4.78, 5) is 22.3. The quantitative estimate of drug-likeness (QED) is 0.613. The van der Waals surface area contributed by atoms with Gasteiger partial charge in [0.25, 0.3) is 0 Å². The van der Waals surface area contributed by atoms with E-state index in [2.05, 4.69) is 6.92 Å². The van der Waals surface area contributed by atoms with Crippen molar-refractivity contribution in [1.82, 2.24) is 0 Å². The van der Waals surface area contributed by atoms with Crippen molar-refractivity contribution < 1.29 is 14.3 Å². The van der Waals surface area contributed by atoms with Crippen molar-refractivity contribution >= 4 is 11.8 Å². The number of carbonyl (C=O) groups is 2. The number of Topliss-reactive ketones (excluding diaryl/α,β-unsaturated/α-hetero) is 1. The standard InChI is InChI=1S/C10H16O3/c1-3-10(12)13-9-6-7(2)4-5-8(9)11/h7,9H,3-6H2,1-2H3. The largest absolute Gasteiger partial charge is 0.454 e. The van der Waals surface area contributed by atoms with E-state index in [4.69, 9.17) is 4.74 Å². The molecular formula is C10H16O3. The van der Waals surface area contributed by atoms with Gasteiger partial charge in [-0.3, -0.25) is 9.59 Å². The molecule has 1 rings (SSSR count). The van der Waals surface area contributed by atoms with Gasteiger partial charge in [0.2, 0.25) is 0 Å². The van der Waals surface area contributed by atoms with Gasteiger partial charge in [0.1, 0.15) is 0 Å². The zero-order chi connectivity index (χ0) is 9.84. The van der Waals surface area contributed by atoms with Gasteiger partial charge in [-0.25, -0.2) is 0 Å². The predicted molar refractivity (Wildman–Crippen MR) is 48.2 cm³/mol. The van der Waals surface area contributed by atoms with Crippen molar-refractivity contribution in [3.63, 3.8) is 0 Å². The second kappa shape index (κ2) is 4.40. The maximum absolute atomic E-state index is 11.3. The van der Waals surface area contributed by atoms with Crippen LogP contribution in [-0.4, -0.2) is 17.9 Å². The van der Waals surface area contributed by atoms with Crippen molar-refractivity contribution in [2.75, 3.05) is 0 Å². The lowest BCUT2D eigenvalue weighted by Gasteiger charge is -2.25. The van der Waals surface area contributed by atoms with E-state index in [9.17, 15) is 9.59 Å². The summed E-state index contributed by atoms with van der Waals surface area (Å²) in [5.41, 5.74) is 0. The lowest BCUT2D eigenvalue weighted by Crippen LogP contribution is -2.32. The molecule has 0 radical (unpaired) electrons. The van der Waals surface area contributed by atoms with Crippen LogP contribution in [0.5, 0.6) is 0 Å². The molecule has 0 heterocycles. The van der Waals surface area contributed by atoms with Gasteiger partial charge < -0.3 is 4.74 Å². The predicted octanol–water partition coefficient (Wildman–Crippen LogP) is 1.70. The highest BCUT2D eigenvalue weighted by atomic mass is 16.5. The van der Waals surface area contributed by atoms with Crippen LogP contribution in [0.1, 0.15) is 39.5 Å². The zero-order valence-corrected chi connectivity index (χ0v) is 8.21. The molecule has 1 aliphatic carbocycles. The van der Waals surface area contributed by atoms with Crippen LogP contribution < -0.4 is 0 Å². The maximum Gasteiger partial charge on any atom is 0.306 e. The lowest BCUT2D eigenvalue weighted by atomic mass is 9.88. The number of carbonyl (C=O) groups excluding carboxylic acids is 2. The summed E-state index contributed by atoms with van der Waals surface area (Å²) < 4.78 is 5.03. The molecule has 1 fully saturated rings. The topological polar surface area (TPSA) is 43.4 Å². The van der Waals surface area contributed by atoms with E-state index in [0.29, 0.717) is 25.2 Å². The molecule has 0 aromatic carbocycles. The Labute approximate surface area is 78.5 Å². The second-order valence-corrected chi connectivity index (χ2v) is 3.68. The monoisotopic (exact) mass is 184 g/mol. The maximum atomic E-state index is 11.3. The van der Waals surface area contributed by atoms with Gasteiger partial charge in [0, 0.05) is 12.8 Å². The third-order valence-corrected chi connectivity index (χ3v) is 2.42. The van der Waals surface area contributed by atoms with Crippen LogP contribution >= 0.6 is 0 Å². The molecule has 0 amide bonds. The lowest BCUT2D eigenvalue weighted by molar-refractivity contribution is -0.157. The zero-order valence-electron chi connectivity index (χ0n) is 8.21. The first-order chi connectivity index (χ1) is 6.13. The van der Waals surface area contributed by atoms with Crippen molar-refractivity contribution in [3.05, 3.63) is 0 Å². The molecule has 2 unspecified atom stereocenters. The SMILES string of the molecule is CCC(=O)OC1CC(C)CCC1=O. The number of rotatable bonds is 2. The molecule has 0 aliphatic heterocycles. The van der Waals surface area contributed by atoms with Crippen molar-refractivity contribution in [1.29, 1.82) is 0 Å². The minimum atomic E-state index is -0.462. The van der Waals surface area contributed by atoms with E-state index in [-0.39, 0.29) is 11.8 Å². The summed E-state index contributed by atoms with van der Waals surface area (Å²) in [5, 5.41) is 0. The second-order valence-electron chi connectivity index (χ2n) is 3.68.